The topological polar surface area (TPSA) is 78.4 Å². The number of hydrogen-bond donors (Lipinski definition) is 3. The Bertz CT molecular complexity index is 607. The van der Waals surface area contributed by atoms with Crippen molar-refractivity contribution >= 4 is 10.0 Å². The number of aliphatic hydroxyl groups is 1. The van der Waals surface area contributed by atoms with Crippen LogP contribution < -0.4 is 10.0 Å². The van der Waals surface area contributed by atoms with Gasteiger partial charge >= 0.3 is 0 Å². The summed E-state index contributed by atoms with van der Waals surface area (Å²) in [6, 6.07) is 5.43. The zero-order chi connectivity index (χ0) is 14.9. The lowest BCUT2D eigenvalue weighted by molar-refractivity contribution is 0.120. The van der Waals surface area contributed by atoms with Crippen LogP contribution in [0.15, 0.2) is 23.1 Å². The molecule has 116 valence electrons. The minimum Gasteiger partial charge on any atom is -0.393 e. The summed E-state index contributed by atoms with van der Waals surface area (Å²) in [5.41, 5.74) is 2.02. The molecule has 3 rings (SSSR count). The molecule has 21 heavy (non-hydrogen) atoms. The molecule has 1 heterocycles. The van der Waals surface area contributed by atoms with Gasteiger partial charge in [-0.1, -0.05) is 12.1 Å². The molecule has 1 saturated carbocycles. The van der Waals surface area contributed by atoms with Crippen LogP contribution in [-0.4, -0.2) is 32.2 Å². The van der Waals surface area contributed by atoms with Crippen LogP contribution in [0.5, 0.6) is 0 Å². The summed E-state index contributed by atoms with van der Waals surface area (Å²) >= 11 is 0. The summed E-state index contributed by atoms with van der Waals surface area (Å²) < 4.78 is 28.1. The molecule has 0 bridgehead atoms. The maximum absolute atomic E-state index is 12.7. The first kappa shape index (κ1) is 15.0. The van der Waals surface area contributed by atoms with Crippen LogP contribution >= 0.6 is 0 Å². The number of rotatable bonds is 3. The van der Waals surface area contributed by atoms with Crippen molar-refractivity contribution in [2.24, 2.45) is 0 Å². The molecule has 2 aliphatic rings. The fourth-order valence-corrected chi connectivity index (χ4v) is 4.84. The van der Waals surface area contributed by atoms with Gasteiger partial charge in [-0.15, -0.1) is 0 Å². The smallest absolute Gasteiger partial charge is 0.241 e. The lowest BCUT2D eigenvalue weighted by atomic mass is 9.94. The van der Waals surface area contributed by atoms with Gasteiger partial charge in [0.25, 0.3) is 0 Å². The summed E-state index contributed by atoms with van der Waals surface area (Å²) in [7, 11) is -3.48. The van der Waals surface area contributed by atoms with E-state index in [-0.39, 0.29) is 12.1 Å². The Balaban J connectivity index is 1.82. The molecule has 0 unspecified atom stereocenters. The first-order valence-electron chi connectivity index (χ1n) is 7.58. The van der Waals surface area contributed by atoms with Gasteiger partial charge in [-0.3, -0.25) is 0 Å². The van der Waals surface area contributed by atoms with Gasteiger partial charge in [-0.25, -0.2) is 13.1 Å². The van der Waals surface area contributed by atoms with E-state index in [2.05, 4.69) is 10.0 Å². The molecular formula is C15H22N2O3S. The summed E-state index contributed by atoms with van der Waals surface area (Å²) in [6.45, 7) is 1.55. The van der Waals surface area contributed by atoms with Crippen LogP contribution in [0.4, 0.5) is 0 Å². The second-order valence-electron chi connectivity index (χ2n) is 5.95. The van der Waals surface area contributed by atoms with E-state index in [0.29, 0.717) is 30.6 Å². The molecule has 1 aliphatic carbocycles. The third kappa shape index (κ3) is 3.29. The molecule has 1 aliphatic heterocycles. The molecule has 0 amide bonds. The minimum atomic E-state index is -3.48. The zero-order valence-electron chi connectivity index (χ0n) is 12.0. The van der Waals surface area contributed by atoms with E-state index >= 15 is 0 Å². The van der Waals surface area contributed by atoms with Crippen LogP contribution in [0.1, 0.15) is 36.8 Å². The van der Waals surface area contributed by atoms with Crippen molar-refractivity contribution in [1.82, 2.24) is 10.0 Å². The SMILES string of the molecule is O=S(=O)(NC1CCC(O)CC1)c1cccc2c1CCNC2. The zero-order valence-corrected chi connectivity index (χ0v) is 12.8. The molecule has 1 aromatic carbocycles. The molecule has 0 aromatic heterocycles. The van der Waals surface area contributed by atoms with Crippen LogP contribution in [0, 0.1) is 0 Å². The van der Waals surface area contributed by atoms with E-state index in [9.17, 15) is 13.5 Å². The Labute approximate surface area is 125 Å². The fourth-order valence-electron chi connectivity index (χ4n) is 3.23. The Morgan fingerprint density at radius 3 is 2.71 bits per heavy atom. The highest BCUT2D eigenvalue weighted by molar-refractivity contribution is 7.89. The van der Waals surface area contributed by atoms with E-state index in [1.807, 2.05) is 12.1 Å². The van der Waals surface area contributed by atoms with Crippen molar-refractivity contribution in [3.05, 3.63) is 29.3 Å². The Morgan fingerprint density at radius 2 is 1.95 bits per heavy atom. The predicted octanol–water partition coefficient (Wildman–Crippen LogP) is 0.914. The van der Waals surface area contributed by atoms with Crippen molar-refractivity contribution in [1.29, 1.82) is 0 Å². The number of aliphatic hydroxyl groups excluding tert-OH is 1. The molecule has 0 radical (unpaired) electrons. The van der Waals surface area contributed by atoms with E-state index in [1.165, 1.54) is 0 Å². The highest BCUT2D eigenvalue weighted by atomic mass is 32.2. The predicted molar refractivity (Wildman–Crippen MR) is 80.4 cm³/mol. The largest absolute Gasteiger partial charge is 0.393 e. The highest BCUT2D eigenvalue weighted by Gasteiger charge is 2.27. The van der Waals surface area contributed by atoms with Gasteiger partial charge in [0.2, 0.25) is 10.0 Å². The van der Waals surface area contributed by atoms with E-state index < -0.39 is 10.0 Å². The standard InChI is InChI=1S/C15H22N2O3S/c18-13-6-4-12(5-7-13)17-21(19,20)15-3-1-2-11-10-16-9-8-14(11)15/h1-3,12-13,16-18H,4-10H2. The molecule has 1 aromatic rings. The summed E-state index contributed by atoms with van der Waals surface area (Å²) in [6.07, 6.45) is 3.22. The van der Waals surface area contributed by atoms with Crippen LogP contribution in [0.25, 0.3) is 0 Å². The first-order chi connectivity index (χ1) is 10.1. The normalized spacial score (nSPS) is 26.3. The lowest BCUT2D eigenvalue weighted by Gasteiger charge is -2.27. The maximum Gasteiger partial charge on any atom is 0.241 e. The third-order valence-electron chi connectivity index (χ3n) is 4.41. The highest BCUT2D eigenvalue weighted by Crippen LogP contribution is 2.25. The van der Waals surface area contributed by atoms with Gasteiger partial charge in [0.15, 0.2) is 0 Å². The van der Waals surface area contributed by atoms with Crippen molar-refractivity contribution in [3.63, 3.8) is 0 Å². The number of hydrogen-bond acceptors (Lipinski definition) is 4. The van der Waals surface area contributed by atoms with E-state index in [0.717, 1.165) is 30.6 Å². The van der Waals surface area contributed by atoms with Gasteiger partial charge in [-0.05, 0) is 55.8 Å². The quantitative estimate of drug-likeness (QED) is 0.775. The maximum atomic E-state index is 12.7. The lowest BCUT2D eigenvalue weighted by Crippen LogP contribution is -2.39. The summed E-state index contributed by atoms with van der Waals surface area (Å²) in [5.74, 6) is 0. The van der Waals surface area contributed by atoms with Crippen molar-refractivity contribution < 1.29 is 13.5 Å². The first-order valence-corrected chi connectivity index (χ1v) is 9.06. The molecular weight excluding hydrogens is 288 g/mol. The van der Waals surface area contributed by atoms with Gasteiger partial charge in [0, 0.05) is 12.6 Å². The number of benzene rings is 1. The van der Waals surface area contributed by atoms with Crippen molar-refractivity contribution in [2.45, 2.75) is 55.7 Å². The fraction of sp³-hybridized carbons (Fsp3) is 0.600. The molecule has 1 fully saturated rings. The third-order valence-corrected chi connectivity index (χ3v) is 6.01. The average Bonchev–Trinajstić information content (AvgIpc) is 2.49. The van der Waals surface area contributed by atoms with Gasteiger partial charge in [0.05, 0.1) is 11.0 Å². The molecule has 5 nitrogen and oxygen atoms in total. The van der Waals surface area contributed by atoms with Gasteiger partial charge in [0.1, 0.15) is 0 Å². The average molecular weight is 310 g/mol. The number of sulfonamides is 1. The molecule has 3 N–H and O–H groups in total. The number of fused-ring (bicyclic) bond motifs is 1. The van der Waals surface area contributed by atoms with E-state index in [4.69, 9.17) is 0 Å². The van der Waals surface area contributed by atoms with Crippen LogP contribution in [-0.2, 0) is 23.0 Å². The van der Waals surface area contributed by atoms with Gasteiger partial charge < -0.3 is 10.4 Å². The summed E-state index contributed by atoms with van der Waals surface area (Å²) in [4.78, 5) is 0.424. The monoisotopic (exact) mass is 310 g/mol. The van der Waals surface area contributed by atoms with Crippen LogP contribution in [0.3, 0.4) is 0 Å². The Kier molecular flexibility index (Phi) is 4.31. The minimum absolute atomic E-state index is 0.0593. The second-order valence-corrected chi connectivity index (χ2v) is 7.63. The van der Waals surface area contributed by atoms with E-state index in [1.54, 1.807) is 6.07 Å². The number of nitrogens with one attached hydrogen (secondary N) is 2. The van der Waals surface area contributed by atoms with Crippen molar-refractivity contribution in [2.75, 3.05) is 6.54 Å². The Morgan fingerprint density at radius 1 is 1.19 bits per heavy atom. The second kappa shape index (κ2) is 6.04. The molecule has 6 heteroatoms. The van der Waals surface area contributed by atoms with Crippen LogP contribution in [0.2, 0.25) is 0 Å². The van der Waals surface area contributed by atoms with Gasteiger partial charge in [-0.2, -0.15) is 0 Å². The summed E-state index contributed by atoms with van der Waals surface area (Å²) in [5, 5.41) is 12.8. The molecule has 0 spiro atoms. The molecule has 0 atom stereocenters. The Hall–Kier alpha value is -0.950. The van der Waals surface area contributed by atoms with Crippen molar-refractivity contribution in [3.8, 4) is 0 Å². The molecule has 0 saturated heterocycles.